The standard InChI is InChI=1S/C22H18N2O2S/c1-17-12-14-20(15-13-17)27(25,26)24-16-23-21(18-8-4-2-5-9-18)22(24)19-10-6-3-7-11-19/h2-16H,1H3. The number of aromatic nitrogens is 2. The van der Waals surface area contributed by atoms with Crippen LogP contribution in [0, 0.1) is 6.92 Å². The van der Waals surface area contributed by atoms with Crippen molar-refractivity contribution in [3.8, 4) is 22.5 Å². The van der Waals surface area contributed by atoms with Crippen molar-refractivity contribution in [1.29, 1.82) is 0 Å². The lowest BCUT2D eigenvalue weighted by Gasteiger charge is -2.12. The molecule has 0 amide bonds. The largest absolute Gasteiger partial charge is 0.269 e. The summed E-state index contributed by atoms with van der Waals surface area (Å²) in [6.07, 6.45) is 1.39. The zero-order valence-corrected chi connectivity index (χ0v) is 15.6. The summed E-state index contributed by atoms with van der Waals surface area (Å²) < 4.78 is 27.9. The molecule has 0 aliphatic heterocycles. The average molecular weight is 374 g/mol. The number of aryl methyl sites for hydroxylation is 1. The zero-order valence-electron chi connectivity index (χ0n) is 14.8. The first-order chi connectivity index (χ1) is 13.1. The van der Waals surface area contributed by atoms with Crippen LogP contribution < -0.4 is 0 Å². The van der Waals surface area contributed by atoms with Crippen molar-refractivity contribution in [1.82, 2.24) is 8.96 Å². The number of rotatable bonds is 4. The Morgan fingerprint density at radius 3 is 1.89 bits per heavy atom. The van der Waals surface area contributed by atoms with E-state index in [4.69, 9.17) is 0 Å². The van der Waals surface area contributed by atoms with Gasteiger partial charge in [-0.25, -0.2) is 17.4 Å². The zero-order chi connectivity index (χ0) is 18.9. The molecule has 4 aromatic rings. The number of benzene rings is 3. The molecule has 0 bridgehead atoms. The minimum absolute atomic E-state index is 0.238. The first-order valence-corrected chi connectivity index (χ1v) is 10.0. The highest BCUT2D eigenvalue weighted by Crippen LogP contribution is 2.33. The fourth-order valence-electron chi connectivity index (χ4n) is 3.01. The van der Waals surface area contributed by atoms with E-state index in [9.17, 15) is 8.42 Å². The molecule has 0 spiro atoms. The molecule has 1 heterocycles. The van der Waals surface area contributed by atoms with E-state index in [0.717, 1.165) is 16.7 Å². The molecule has 0 unspecified atom stereocenters. The normalized spacial score (nSPS) is 11.4. The van der Waals surface area contributed by atoms with Gasteiger partial charge in [-0.05, 0) is 19.1 Å². The van der Waals surface area contributed by atoms with Crippen molar-refractivity contribution in [2.24, 2.45) is 0 Å². The van der Waals surface area contributed by atoms with E-state index >= 15 is 0 Å². The van der Waals surface area contributed by atoms with Gasteiger partial charge in [-0.15, -0.1) is 0 Å². The summed E-state index contributed by atoms with van der Waals surface area (Å²) >= 11 is 0. The van der Waals surface area contributed by atoms with E-state index in [1.807, 2.05) is 67.6 Å². The van der Waals surface area contributed by atoms with Crippen molar-refractivity contribution >= 4 is 10.0 Å². The van der Waals surface area contributed by atoms with Crippen LogP contribution in [0.5, 0.6) is 0 Å². The molecule has 4 rings (SSSR count). The Labute approximate surface area is 158 Å². The van der Waals surface area contributed by atoms with Crippen LogP contribution in [-0.4, -0.2) is 17.4 Å². The van der Waals surface area contributed by atoms with E-state index in [0.29, 0.717) is 11.4 Å². The Bertz CT molecular complexity index is 1160. The quantitative estimate of drug-likeness (QED) is 0.517. The second kappa shape index (κ2) is 6.85. The molecular formula is C22H18N2O2S. The molecule has 3 aromatic carbocycles. The number of imidazole rings is 1. The molecule has 0 aliphatic rings. The highest BCUT2D eigenvalue weighted by molar-refractivity contribution is 7.90. The highest BCUT2D eigenvalue weighted by atomic mass is 32.2. The molecule has 1 aromatic heterocycles. The smallest absolute Gasteiger partial charge is 0.235 e. The molecule has 0 saturated carbocycles. The van der Waals surface area contributed by atoms with Crippen LogP contribution in [0.25, 0.3) is 22.5 Å². The average Bonchev–Trinajstić information content (AvgIpc) is 3.16. The van der Waals surface area contributed by atoms with Crippen LogP contribution in [0.4, 0.5) is 0 Å². The van der Waals surface area contributed by atoms with Gasteiger partial charge in [0.2, 0.25) is 0 Å². The topological polar surface area (TPSA) is 52.0 Å². The molecule has 0 aliphatic carbocycles. The van der Waals surface area contributed by atoms with E-state index in [2.05, 4.69) is 4.98 Å². The van der Waals surface area contributed by atoms with Crippen LogP contribution in [0.2, 0.25) is 0 Å². The van der Waals surface area contributed by atoms with Gasteiger partial charge in [-0.3, -0.25) is 0 Å². The summed E-state index contributed by atoms with van der Waals surface area (Å²) in [6.45, 7) is 1.93. The van der Waals surface area contributed by atoms with Crippen LogP contribution in [-0.2, 0) is 10.0 Å². The minimum atomic E-state index is -3.77. The number of nitrogens with zero attached hydrogens (tertiary/aromatic N) is 2. The van der Waals surface area contributed by atoms with Gasteiger partial charge in [0.1, 0.15) is 6.33 Å². The van der Waals surface area contributed by atoms with Gasteiger partial charge in [0, 0.05) is 11.1 Å². The maximum Gasteiger partial charge on any atom is 0.269 e. The summed E-state index contributed by atoms with van der Waals surface area (Å²) in [7, 11) is -3.77. The maximum atomic E-state index is 13.3. The molecule has 0 saturated heterocycles. The molecule has 27 heavy (non-hydrogen) atoms. The van der Waals surface area contributed by atoms with E-state index in [1.54, 1.807) is 24.3 Å². The summed E-state index contributed by atoms with van der Waals surface area (Å²) in [5.41, 5.74) is 3.87. The van der Waals surface area contributed by atoms with Gasteiger partial charge in [-0.2, -0.15) is 0 Å². The molecule has 0 radical (unpaired) electrons. The van der Waals surface area contributed by atoms with E-state index in [-0.39, 0.29) is 4.90 Å². The van der Waals surface area contributed by atoms with Gasteiger partial charge in [0.05, 0.1) is 16.3 Å². The van der Waals surface area contributed by atoms with Crippen molar-refractivity contribution in [2.45, 2.75) is 11.8 Å². The molecule has 5 heteroatoms. The fourth-order valence-corrected chi connectivity index (χ4v) is 4.32. The molecule has 4 nitrogen and oxygen atoms in total. The molecular weight excluding hydrogens is 356 g/mol. The molecule has 0 atom stereocenters. The molecule has 0 N–H and O–H groups in total. The van der Waals surface area contributed by atoms with Crippen molar-refractivity contribution in [3.05, 3.63) is 96.8 Å². The van der Waals surface area contributed by atoms with E-state index in [1.165, 1.54) is 10.3 Å². The van der Waals surface area contributed by atoms with Crippen LogP contribution in [0.3, 0.4) is 0 Å². The van der Waals surface area contributed by atoms with Gasteiger partial charge in [0.25, 0.3) is 10.0 Å². The first-order valence-electron chi connectivity index (χ1n) is 8.58. The second-order valence-electron chi connectivity index (χ2n) is 6.29. The van der Waals surface area contributed by atoms with Gasteiger partial charge < -0.3 is 0 Å². The minimum Gasteiger partial charge on any atom is -0.235 e. The fraction of sp³-hybridized carbons (Fsp3) is 0.0455. The van der Waals surface area contributed by atoms with Crippen molar-refractivity contribution < 1.29 is 8.42 Å². The number of hydrogen-bond acceptors (Lipinski definition) is 3. The van der Waals surface area contributed by atoms with Gasteiger partial charge in [0.15, 0.2) is 0 Å². The Morgan fingerprint density at radius 2 is 1.30 bits per heavy atom. The van der Waals surface area contributed by atoms with Crippen LogP contribution in [0.1, 0.15) is 5.56 Å². The molecule has 134 valence electrons. The molecule has 0 fully saturated rings. The third-order valence-corrected chi connectivity index (χ3v) is 6.07. The lowest BCUT2D eigenvalue weighted by Crippen LogP contribution is -2.13. The van der Waals surface area contributed by atoms with Crippen LogP contribution >= 0.6 is 0 Å². The van der Waals surface area contributed by atoms with Gasteiger partial charge >= 0.3 is 0 Å². The van der Waals surface area contributed by atoms with Crippen LogP contribution in [0.15, 0.2) is 96.2 Å². The lowest BCUT2D eigenvalue weighted by atomic mass is 10.1. The number of hydrogen-bond donors (Lipinski definition) is 0. The first kappa shape index (κ1) is 17.2. The predicted octanol–water partition coefficient (Wildman–Crippen LogP) is 4.76. The monoisotopic (exact) mass is 374 g/mol. The predicted molar refractivity (Wildman–Crippen MR) is 107 cm³/mol. The summed E-state index contributed by atoms with van der Waals surface area (Å²) in [5, 5.41) is 0. The second-order valence-corrected chi connectivity index (χ2v) is 8.10. The Kier molecular flexibility index (Phi) is 4.38. The summed E-state index contributed by atoms with van der Waals surface area (Å²) in [4.78, 5) is 4.69. The SMILES string of the molecule is Cc1ccc(S(=O)(=O)n2cnc(-c3ccccc3)c2-c2ccccc2)cc1. The third kappa shape index (κ3) is 3.17. The Hall–Kier alpha value is -3.18. The van der Waals surface area contributed by atoms with Gasteiger partial charge in [-0.1, -0.05) is 78.4 Å². The van der Waals surface area contributed by atoms with Crippen molar-refractivity contribution in [2.75, 3.05) is 0 Å². The Morgan fingerprint density at radius 1 is 0.741 bits per heavy atom. The maximum absolute atomic E-state index is 13.3. The third-order valence-electron chi connectivity index (χ3n) is 4.41. The van der Waals surface area contributed by atoms with Crippen molar-refractivity contribution in [3.63, 3.8) is 0 Å². The summed E-state index contributed by atoms with van der Waals surface area (Å²) in [5.74, 6) is 0. The lowest BCUT2D eigenvalue weighted by molar-refractivity contribution is 0.587. The highest BCUT2D eigenvalue weighted by Gasteiger charge is 2.24. The summed E-state index contributed by atoms with van der Waals surface area (Å²) in [6, 6.07) is 25.9. The van der Waals surface area contributed by atoms with E-state index < -0.39 is 10.0 Å². The Balaban J connectivity index is 1.97.